The Morgan fingerprint density at radius 2 is 2.22 bits per heavy atom. The van der Waals surface area contributed by atoms with E-state index in [-0.39, 0.29) is 1.43 Å². The van der Waals surface area contributed by atoms with E-state index in [1.165, 1.54) is 0 Å². The second-order valence-corrected chi connectivity index (χ2v) is 1.96. The van der Waals surface area contributed by atoms with Crippen LogP contribution in [-0.2, 0) is 0 Å². The molecule has 2 aromatic rings. The van der Waals surface area contributed by atoms with E-state index in [1.54, 1.807) is 7.13 Å². The summed E-state index contributed by atoms with van der Waals surface area (Å²) in [5.41, 5.74) is 0.956. The molecule has 42 valence electrons. The maximum atomic E-state index is 5.12. The van der Waals surface area contributed by atoms with Crippen LogP contribution in [0.5, 0.6) is 0 Å². The van der Waals surface area contributed by atoms with Gasteiger partial charge in [0.15, 0.2) is 0 Å². The van der Waals surface area contributed by atoms with E-state index in [4.69, 9.17) is 4.33 Å². The molecule has 0 aliphatic heterocycles. The van der Waals surface area contributed by atoms with Crippen LogP contribution in [-0.4, -0.2) is 7.13 Å². The Morgan fingerprint density at radius 1 is 1.33 bits per heavy atom. The minimum absolute atomic E-state index is 0. The second kappa shape index (κ2) is 1.73. The van der Waals surface area contributed by atoms with Crippen LogP contribution in [0.1, 0.15) is 1.43 Å². The second-order valence-electron chi connectivity index (χ2n) is 1.96. The van der Waals surface area contributed by atoms with Crippen LogP contribution in [0, 0.1) is 0 Å². The SMILES string of the molecule is [H+].b1cc2ccccc2o1. The fourth-order valence-corrected chi connectivity index (χ4v) is 0.906. The van der Waals surface area contributed by atoms with Crippen LogP contribution < -0.4 is 0 Å². The molecule has 1 aromatic heterocycles. The molecule has 9 heavy (non-hydrogen) atoms. The predicted molar refractivity (Wildman–Crippen MR) is 38.7 cm³/mol. The quantitative estimate of drug-likeness (QED) is 0.513. The number of hydrogen-bond acceptors (Lipinski definition) is 1. The summed E-state index contributed by atoms with van der Waals surface area (Å²) < 4.78 is 5.12. The van der Waals surface area contributed by atoms with Crippen molar-refractivity contribution in [2.24, 2.45) is 0 Å². The van der Waals surface area contributed by atoms with Crippen LogP contribution in [0.2, 0.25) is 0 Å². The average Bonchev–Trinajstić information content (AvgIpc) is 2.33. The Kier molecular flexibility index (Phi) is 0.920. The van der Waals surface area contributed by atoms with Gasteiger partial charge in [-0.3, -0.25) is 0 Å². The summed E-state index contributed by atoms with van der Waals surface area (Å²) in [5.74, 6) is 1.95. The van der Waals surface area contributed by atoms with Crippen molar-refractivity contribution in [1.29, 1.82) is 0 Å². The number of hydrogen-bond donors (Lipinski definition) is 0. The predicted octanol–water partition coefficient (Wildman–Crippen LogP) is 1.88. The third-order valence-electron chi connectivity index (χ3n) is 1.36. The molecule has 2 heteroatoms. The summed E-state index contributed by atoms with van der Waals surface area (Å²) in [5, 5.41) is 1.16. The van der Waals surface area contributed by atoms with E-state index in [0.29, 0.717) is 0 Å². The summed E-state index contributed by atoms with van der Waals surface area (Å²) in [6.07, 6.45) is 0. The van der Waals surface area contributed by atoms with E-state index >= 15 is 0 Å². The molecule has 0 saturated heterocycles. The third kappa shape index (κ3) is 0.671. The van der Waals surface area contributed by atoms with E-state index < -0.39 is 0 Å². The Labute approximate surface area is 55.0 Å². The van der Waals surface area contributed by atoms with Gasteiger partial charge in [0.1, 0.15) is 0 Å². The molecule has 1 nitrogen and oxygen atoms in total. The summed E-state index contributed by atoms with van der Waals surface area (Å²) >= 11 is 0. The number of fused-ring (bicyclic) bond motifs is 1. The third-order valence-corrected chi connectivity index (χ3v) is 1.36. The Bertz CT molecular complexity index is 288. The van der Waals surface area contributed by atoms with Gasteiger partial charge in [-0.15, -0.1) is 0 Å². The molecular formula is C7H6BO+. The Hall–Kier alpha value is -1.05. The van der Waals surface area contributed by atoms with Crippen LogP contribution >= 0.6 is 0 Å². The van der Waals surface area contributed by atoms with E-state index in [9.17, 15) is 0 Å². The molecule has 0 atom stereocenters. The van der Waals surface area contributed by atoms with Gasteiger partial charge >= 0.3 is 54.1 Å². The van der Waals surface area contributed by atoms with Crippen LogP contribution in [0.3, 0.4) is 0 Å². The van der Waals surface area contributed by atoms with Crippen molar-refractivity contribution < 1.29 is 5.76 Å². The Balaban J connectivity index is 0.000000500. The van der Waals surface area contributed by atoms with E-state index in [0.717, 1.165) is 11.0 Å². The first kappa shape index (κ1) is 4.80. The average molecular weight is 117 g/mol. The standard InChI is InChI=1S/C7H5BO/c1-2-4-7-6(3-1)5-8-9-7/h1-5H/p+1. The summed E-state index contributed by atoms with van der Waals surface area (Å²) in [6.45, 7) is 0. The van der Waals surface area contributed by atoms with Gasteiger partial charge in [0, 0.05) is 0 Å². The number of rotatable bonds is 0. The Morgan fingerprint density at radius 3 is 3.11 bits per heavy atom. The summed E-state index contributed by atoms with van der Waals surface area (Å²) in [4.78, 5) is 0. The first-order valence-electron chi connectivity index (χ1n) is 2.89. The van der Waals surface area contributed by atoms with Crippen molar-refractivity contribution in [3.05, 3.63) is 30.2 Å². The van der Waals surface area contributed by atoms with Gasteiger partial charge in [0.05, 0.1) is 0 Å². The van der Waals surface area contributed by atoms with Crippen LogP contribution in [0.4, 0.5) is 0 Å². The fraction of sp³-hybridized carbons (Fsp3) is 0. The molecule has 0 unspecified atom stereocenters. The molecule has 1 aromatic carbocycles. The van der Waals surface area contributed by atoms with Crippen molar-refractivity contribution in [3.63, 3.8) is 0 Å². The molecule has 0 saturated carbocycles. The molecular weight excluding hydrogens is 111 g/mol. The summed E-state index contributed by atoms with van der Waals surface area (Å²) in [7, 11) is 1.70. The first-order chi connectivity index (χ1) is 4.47. The minimum atomic E-state index is 0. The molecule has 0 spiro atoms. The molecule has 1 heterocycles. The molecule has 0 amide bonds. The van der Waals surface area contributed by atoms with Crippen molar-refractivity contribution in [2.45, 2.75) is 0 Å². The molecule has 0 aliphatic carbocycles. The first-order valence-corrected chi connectivity index (χ1v) is 2.89. The van der Waals surface area contributed by atoms with Crippen LogP contribution in [0.15, 0.2) is 34.6 Å². The fourth-order valence-electron chi connectivity index (χ4n) is 0.906. The number of para-hydroxylation sites is 1. The molecule has 0 aliphatic rings. The molecule has 0 bridgehead atoms. The molecule has 0 radical (unpaired) electrons. The van der Waals surface area contributed by atoms with Gasteiger partial charge in [-0.05, 0) is 0 Å². The van der Waals surface area contributed by atoms with Gasteiger partial charge in [0.25, 0.3) is 0 Å². The van der Waals surface area contributed by atoms with Crippen molar-refractivity contribution in [2.75, 3.05) is 0 Å². The van der Waals surface area contributed by atoms with Gasteiger partial charge in [0.2, 0.25) is 0 Å². The van der Waals surface area contributed by atoms with Gasteiger partial charge in [-0.2, -0.15) is 0 Å². The maximum absolute atomic E-state index is 5.12. The van der Waals surface area contributed by atoms with Gasteiger partial charge in [-0.1, -0.05) is 0 Å². The number of benzene rings is 1. The van der Waals surface area contributed by atoms with Crippen molar-refractivity contribution in [3.8, 4) is 0 Å². The van der Waals surface area contributed by atoms with E-state index in [1.807, 2.05) is 30.2 Å². The van der Waals surface area contributed by atoms with Gasteiger partial charge in [-0.25, -0.2) is 0 Å². The van der Waals surface area contributed by atoms with E-state index in [2.05, 4.69) is 0 Å². The van der Waals surface area contributed by atoms with Crippen molar-refractivity contribution in [1.82, 2.24) is 0 Å². The zero-order chi connectivity index (χ0) is 6.10. The normalized spacial score (nSPS) is 9.78. The van der Waals surface area contributed by atoms with Gasteiger partial charge < -0.3 is 0 Å². The molecule has 0 fully saturated rings. The topological polar surface area (TPSA) is 13.1 Å². The summed E-state index contributed by atoms with van der Waals surface area (Å²) in [6, 6.07) is 7.94. The molecule has 0 N–H and O–H groups in total. The zero-order valence-electron chi connectivity index (χ0n) is 5.87. The monoisotopic (exact) mass is 117 g/mol. The molecule has 2 rings (SSSR count). The zero-order valence-corrected chi connectivity index (χ0v) is 4.87. The van der Waals surface area contributed by atoms with Crippen molar-refractivity contribution >= 4 is 18.1 Å². The van der Waals surface area contributed by atoms with Crippen LogP contribution in [0.25, 0.3) is 11.0 Å².